The first-order valence-electron chi connectivity index (χ1n) is 8.21. The van der Waals surface area contributed by atoms with Crippen molar-refractivity contribution in [3.05, 3.63) is 29.8 Å². The smallest absolute Gasteiger partial charge is 0.123 e. The second-order valence-electron chi connectivity index (χ2n) is 7.34. The van der Waals surface area contributed by atoms with Gasteiger partial charge in [0.1, 0.15) is 11.9 Å². The lowest BCUT2D eigenvalue weighted by molar-refractivity contribution is 0.126. The SMILES string of the molecule is CC(CNC1CC1)(CC1Cc2ccccc2O1)C1CC1. The van der Waals surface area contributed by atoms with Crippen molar-refractivity contribution in [3.8, 4) is 5.75 Å². The van der Waals surface area contributed by atoms with E-state index in [-0.39, 0.29) is 0 Å². The van der Waals surface area contributed by atoms with Crippen molar-refractivity contribution in [2.45, 2.75) is 57.6 Å². The fourth-order valence-electron chi connectivity index (χ4n) is 3.72. The molecular formula is C18H25NO. The average Bonchev–Trinajstić information content (AvgIpc) is 3.33. The Hall–Kier alpha value is -1.02. The van der Waals surface area contributed by atoms with Crippen molar-refractivity contribution >= 4 is 0 Å². The maximum Gasteiger partial charge on any atom is 0.123 e. The molecule has 1 aromatic rings. The van der Waals surface area contributed by atoms with Gasteiger partial charge in [0, 0.05) is 19.0 Å². The minimum atomic E-state index is 0.388. The Bertz CT molecular complexity index is 467. The third-order valence-corrected chi connectivity index (χ3v) is 5.34. The number of ether oxygens (including phenoxy) is 1. The first-order chi connectivity index (χ1) is 9.73. The van der Waals surface area contributed by atoms with Gasteiger partial charge in [-0.3, -0.25) is 0 Å². The zero-order chi connectivity index (χ0) is 13.6. The average molecular weight is 271 g/mol. The summed E-state index contributed by atoms with van der Waals surface area (Å²) in [7, 11) is 0. The lowest BCUT2D eigenvalue weighted by Crippen LogP contribution is -2.38. The Kier molecular flexibility index (Phi) is 3.03. The second-order valence-corrected chi connectivity index (χ2v) is 7.34. The summed E-state index contributed by atoms with van der Waals surface area (Å²) < 4.78 is 6.18. The van der Waals surface area contributed by atoms with Crippen LogP contribution in [-0.2, 0) is 6.42 Å². The van der Waals surface area contributed by atoms with Crippen LogP contribution in [0, 0.1) is 11.3 Å². The van der Waals surface area contributed by atoms with Crippen LogP contribution in [0.1, 0.15) is 44.6 Å². The lowest BCUT2D eigenvalue weighted by atomic mass is 9.78. The molecule has 0 radical (unpaired) electrons. The molecular weight excluding hydrogens is 246 g/mol. The lowest BCUT2D eigenvalue weighted by Gasteiger charge is -2.32. The van der Waals surface area contributed by atoms with Crippen LogP contribution in [-0.4, -0.2) is 18.7 Å². The number of para-hydroxylation sites is 1. The maximum absolute atomic E-state index is 6.18. The molecule has 3 aliphatic rings. The molecule has 2 saturated carbocycles. The van der Waals surface area contributed by atoms with Crippen LogP contribution in [0.25, 0.3) is 0 Å². The molecule has 2 unspecified atom stereocenters. The fourth-order valence-corrected chi connectivity index (χ4v) is 3.72. The van der Waals surface area contributed by atoms with Gasteiger partial charge < -0.3 is 10.1 Å². The Labute approximate surface area is 121 Å². The van der Waals surface area contributed by atoms with Crippen LogP contribution in [0.5, 0.6) is 5.75 Å². The summed E-state index contributed by atoms with van der Waals surface area (Å²) in [5, 5.41) is 3.76. The molecule has 108 valence electrons. The highest BCUT2D eigenvalue weighted by molar-refractivity contribution is 5.37. The molecule has 0 amide bonds. The second kappa shape index (κ2) is 4.77. The summed E-state index contributed by atoms with van der Waals surface area (Å²) in [6, 6.07) is 9.35. The van der Waals surface area contributed by atoms with Gasteiger partial charge in [-0.25, -0.2) is 0 Å². The van der Waals surface area contributed by atoms with Gasteiger partial charge in [0.05, 0.1) is 0 Å². The highest BCUT2D eigenvalue weighted by Gasteiger charge is 2.44. The molecule has 1 N–H and O–H groups in total. The highest BCUT2D eigenvalue weighted by Crippen LogP contribution is 2.49. The van der Waals surface area contributed by atoms with Gasteiger partial charge in [-0.05, 0) is 55.1 Å². The van der Waals surface area contributed by atoms with Crippen LogP contribution >= 0.6 is 0 Å². The zero-order valence-electron chi connectivity index (χ0n) is 12.4. The molecule has 1 aromatic carbocycles. The summed E-state index contributed by atoms with van der Waals surface area (Å²) >= 11 is 0. The molecule has 2 nitrogen and oxygen atoms in total. The van der Waals surface area contributed by atoms with Crippen molar-refractivity contribution in [2.75, 3.05) is 6.54 Å². The molecule has 0 saturated heterocycles. The topological polar surface area (TPSA) is 21.3 Å². The van der Waals surface area contributed by atoms with E-state index in [0.717, 1.165) is 24.1 Å². The van der Waals surface area contributed by atoms with E-state index in [2.05, 4.69) is 36.5 Å². The van der Waals surface area contributed by atoms with Gasteiger partial charge in [0.25, 0.3) is 0 Å². The molecule has 1 aliphatic heterocycles. The van der Waals surface area contributed by atoms with Gasteiger partial charge >= 0.3 is 0 Å². The zero-order valence-corrected chi connectivity index (χ0v) is 12.4. The summed E-state index contributed by atoms with van der Waals surface area (Å²) in [5.74, 6) is 2.03. The molecule has 0 spiro atoms. The standard InChI is InChI=1S/C18H25NO/c1-18(14-6-7-14,12-19-15-8-9-15)11-16-10-13-4-2-3-5-17(13)20-16/h2-5,14-16,19H,6-12H2,1H3. The third-order valence-electron chi connectivity index (χ3n) is 5.34. The van der Waals surface area contributed by atoms with Crippen molar-refractivity contribution in [3.63, 3.8) is 0 Å². The number of nitrogens with one attached hydrogen (secondary N) is 1. The molecule has 2 aliphatic carbocycles. The number of hydrogen-bond acceptors (Lipinski definition) is 2. The van der Waals surface area contributed by atoms with Gasteiger partial charge in [-0.1, -0.05) is 25.1 Å². The summed E-state index contributed by atoms with van der Waals surface area (Å²) in [5.41, 5.74) is 1.82. The number of benzene rings is 1. The quantitative estimate of drug-likeness (QED) is 0.854. The first-order valence-corrected chi connectivity index (χ1v) is 8.21. The first kappa shape index (κ1) is 12.7. The van der Waals surface area contributed by atoms with E-state index in [1.165, 1.54) is 44.2 Å². The van der Waals surface area contributed by atoms with E-state index in [4.69, 9.17) is 4.74 Å². The van der Waals surface area contributed by atoms with Crippen LogP contribution in [0.3, 0.4) is 0 Å². The number of rotatable bonds is 6. The largest absolute Gasteiger partial charge is 0.490 e. The maximum atomic E-state index is 6.18. The van der Waals surface area contributed by atoms with Gasteiger partial charge in [-0.2, -0.15) is 0 Å². The van der Waals surface area contributed by atoms with Crippen molar-refractivity contribution in [1.29, 1.82) is 0 Å². The van der Waals surface area contributed by atoms with E-state index in [0.29, 0.717) is 11.5 Å². The van der Waals surface area contributed by atoms with Gasteiger partial charge in [-0.15, -0.1) is 0 Å². The Morgan fingerprint density at radius 3 is 2.70 bits per heavy atom. The van der Waals surface area contributed by atoms with E-state index in [9.17, 15) is 0 Å². The summed E-state index contributed by atoms with van der Waals surface area (Å²) in [6.45, 7) is 3.66. The predicted molar refractivity (Wildman–Crippen MR) is 81.0 cm³/mol. The summed E-state index contributed by atoms with van der Waals surface area (Å²) in [6.07, 6.45) is 8.29. The third kappa shape index (κ3) is 2.58. The molecule has 20 heavy (non-hydrogen) atoms. The normalized spacial score (nSPS) is 27.8. The summed E-state index contributed by atoms with van der Waals surface area (Å²) in [4.78, 5) is 0. The molecule has 0 aromatic heterocycles. The molecule has 2 atom stereocenters. The number of hydrogen-bond donors (Lipinski definition) is 1. The van der Waals surface area contributed by atoms with E-state index >= 15 is 0 Å². The highest BCUT2D eigenvalue weighted by atomic mass is 16.5. The van der Waals surface area contributed by atoms with Crippen LogP contribution < -0.4 is 10.1 Å². The van der Waals surface area contributed by atoms with Crippen molar-refractivity contribution in [1.82, 2.24) is 5.32 Å². The fraction of sp³-hybridized carbons (Fsp3) is 0.667. The number of fused-ring (bicyclic) bond motifs is 1. The van der Waals surface area contributed by atoms with Gasteiger partial charge in [0.15, 0.2) is 0 Å². The Balaban J connectivity index is 1.41. The molecule has 1 heterocycles. The van der Waals surface area contributed by atoms with Crippen LogP contribution in [0.15, 0.2) is 24.3 Å². The van der Waals surface area contributed by atoms with Gasteiger partial charge in [0.2, 0.25) is 0 Å². The van der Waals surface area contributed by atoms with Crippen LogP contribution in [0.2, 0.25) is 0 Å². The van der Waals surface area contributed by atoms with Crippen molar-refractivity contribution < 1.29 is 4.74 Å². The predicted octanol–water partition coefficient (Wildman–Crippen LogP) is 3.55. The molecule has 2 heteroatoms. The van der Waals surface area contributed by atoms with E-state index in [1.54, 1.807) is 0 Å². The minimum Gasteiger partial charge on any atom is -0.490 e. The monoisotopic (exact) mass is 271 g/mol. The molecule has 2 fully saturated rings. The molecule has 4 rings (SSSR count). The molecule has 0 bridgehead atoms. The minimum absolute atomic E-state index is 0.388. The van der Waals surface area contributed by atoms with E-state index in [1.807, 2.05) is 0 Å². The van der Waals surface area contributed by atoms with Crippen molar-refractivity contribution in [2.24, 2.45) is 11.3 Å². The van der Waals surface area contributed by atoms with E-state index < -0.39 is 0 Å². The Morgan fingerprint density at radius 1 is 1.20 bits per heavy atom. The van der Waals surface area contributed by atoms with Crippen LogP contribution in [0.4, 0.5) is 0 Å². The Morgan fingerprint density at radius 2 is 2.00 bits per heavy atom.